The Morgan fingerprint density at radius 1 is 1.32 bits per heavy atom. The van der Waals surface area contributed by atoms with Gasteiger partial charge in [0.05, 0.1) is 24.4 Å². The second-order valence-corrected chi connectivity index (χ2v) is 6.18. The molecule has 3 heterocycles. The molecule has 1 saturated heterocycles. The highest BCUT2D eigenvalue weighted by Crippen LogP contribution is 2.32. The number of hydrogen-bond acceptors (Lipinski definition) is 4. The van der Waals surface area contributed by atoms with Gasteiger partial charge in [-0.2, -0.15) is 0 Å². The van der Waals surface area contributed by atoms with Crippen molar-refractivity contribution in [1.29, 1.82) is 0 Å². The maximum Gasteiger partial charge on any atom is 0.339 e. The Morgan fingerprint density at radius 2 is 2.14 bits per heavy atom. The summed E-state index contributed by atoms with van der Waals surface area (Å²) in [6, 6.07) is 4.52. The van der Waals surface area contributed by atoms with Crippen molar-refractivity contribution in [3.63, 3.8) is 0 Å². The zero-order valence-corrected chi connectivity index (χ0v) is 13.5. The maximum atomic E-state index is 11.6. The number of likely N-dealkylation sites (tertiary alicyclic amines) is 1. The molecular formula is C17H23N3O2. The van der Waals surface area contributed by atoms with E-state index in [4.69, 9.17) is 9.72 Å². The van der Waals surface area contributed by atoms with E-state index in [0.29, 0.717) is 17.6 Å². The Bertz CT molecular complexity index is 678. The Labute approximate surface area is 130 Å². The van der Waals surface area contributed by atoms with Crippen LogP contribution in [-0.2, 0) is 4.74 Å². The highest BCUT2D eigenvalue weighted by Gasteiger charge is 2.27. The fourth-order valence-corrected chi connectivity index (χ4v) is 3.30. The van der Waals surface area contributed by atoms with Crippen LogP contribution in [0, 0.1) is 0 Å². The standard InChI is InChI=1S/C17H23N3O2/c1-12(2)20-9-5-4-6-15(20)14-11-19-10-13(17(21)22-3)7-8-16(19)18-14/h7-8,10-12,15H,4-6,9H2,1-3H3. The lowest BCUT2D eigenvalue weighted by molar-refractivity contribution is 0.0600. The molecule has 1 unspecified atom stereocenters. The van der Waals surface area contributed by atoms with Gasteiger partial charge in [-0.05, 0) is 45.4 Å². The van der Waals surface area contributed by atoms with E-state index >= 15 is 0 Å². The molecule has 0 spiro atoms. The van der Waals surface area contributed by atoms with Crippen molar-refractivity contribution in [3.8, 4) is 0 Å². The van der Waals surface area contributed by atoms with Crippen LogP contribution in [0.3, 0.4) is 0 Å². The summed E-state index contributed by atoms with van der Waals surface area (Å²) in [5.41, 5.74) is 2.51. The Hall–Kier alpha value is -1.88. The number of aromatic nitrogens is 2. The molecule has 5 heteroatoms. The van der Waals surface area contributed by atoms with Crippen molar-refractivity contribution in [1.82, 2.24) is 14.3 Å². The Balaban J connectivity index is 1.95. The molecule has 0 bridgehead atoms. The highest BCUT2D eigenvalue weighted by atomic mass is 16.5. The van der Waals surface area contributed by atoms with E-state index in [2.05, 4.69) is 18.7 Å². The largest absolute Gasteiger partial charge is 0.465 e. The van der Waals surface area contributed by atoms with Gasteiger partial charge in [-0.1, -0.05) is 6.42 Å². The smallest absolute Gasteiger partial charge is 0.339 e. The van der Waals surface area contributed by atoms with E-state index in [-0.39, 0.29) is 5.97 Å². The van der Waals surface area contributed by atoms with Crippen LogP contribution in [0.25, 0.3) is 5.65 Å². The fraction of sp³-hybridized carbons (Fsp3) is 0.529. The number of imidazole rings is 1. The second kappa shape index (κ2) is 6.08. The molecule has 2 aromatic rings. The van der Waals surface area contributed by atoms with E-state index in [1.165, 1.54) is 20.0 Å². The van der Waals surface area contributed by atoms with Gasteiger partial charge in [-0.15, -0.1) is 0 Å². The summed E-state index contributed by atoms with van der Waals surface area (Å²) in [5, 5.41) is 0. The summed E-state index contributed by atoms with van der Waals surface area (Å²) in [6.45, 7) is 5.61. The van der Waals surface area contributed by atoms with Gasteiger partial charge in [0.25, 0.3) is 0 Å². The number of ether oxygens (including phenoxy) is 1. The topological polar surface area (TPSA) is 46.8 Å². The van der Waals surface area contributed by atoms with E-state index in [9.17, 15) is 4.79 Å². The molecule has 0 saturated carbocycles. The van der Waals surface area contributed by atoms with E-state index in [0.717, 1.165) is 24.3 Å². The predicted molar refractivity (Wildman–Crippen MR) is 85.0 cm³/mol. The number of esters is 1. The SMILES string of the molecule is COC(=O)c1ccc2nc(C3CCCCN3C(C)C)cn2c1. The average Bonchev–Trinajstić information content (AvgIpc) is 2.96. The van der Waals surface area contributed by atoms with Crippen LogP contribution < -0.4 is 0 Å². The van der Waals surface area contributed by atoms with E-state index in [1.54, 1.807) is 12.3 Å². The number of carbonyl (C=O) groups is 1. The molecule has 118 valence electrons. The van der Waals surface area contributed by atoms with Crippen LogP contribution >= 0.6 is 0 Å². The molecule has 3 rings (SSSR count). The molecule has 1 fully saturated rings. The van der Waals surface area contributed by atoms with Crippen molar-refractivity contribution in [3.05, 3.63) is 35.8 Å². The van der Waals surface area contributed by atoms with Gasteiger partial charge in [-0.25, -0.2) is 9.78 Å². The first kappa shape index (κ1) is 15.0. The van der Waals surface area contributed by atoms with Gasteiger partial charge in [0, 0.05) is 18.4 Å². The molecule has 0 amide bonds. The van der Waals surface area contributed by atoms with Gasteiger partial charge in [0.15, 0.2) is 0 Å². The maximum absolute atomic E-state index is 11.6. The van der Waals surface area contributed by atoms with Crippen molar-refractivity contribution >= 4 is 11.6 Å². The Kier molecular flexibility index (Phi) is 4.16. The number of nitrogens with zero attached hydrogens (tertiary/aromatic N) is 3. The van der Waals surface area contributed by atoms with E-state index < -0.39 is 0 Å². The monoisotopic (exact) mass is 301 g/mol. The number of fused-ring (bicyclic) bond motifs is 1. The number of hydrogen-bond donors (Lipinski definition) is 0. The van der Waals surface area contributed by atoms with Crippen molar-refractivity contribution in [2.24, 2.45) is 0 Å². The quantitative estimate of drug-likeness (QED) is 0.818. The second-order valence-electron chi connectivity index (χ2n) is 6.18. The number of carbonyl (C=O) groups excluding carboxylic acids is 1. The van der Waals surface area contributed by atoms with Gasteiger partial charge < -0.3 is 9.14 Å². The lowest BCUT2D eigenvalue weighted by atomic mass is 9.98. The third-order valence-corrected chi connectivity index (χ3v) is 4.44. The first-order valence-corrected chi connectivity index (χ1v) is 7.93. The predicted octanol–water partition coefficient (Wildman–Crippen LogP) is 3.06. The van der Waals surface area contributed by atoms with Gasteiger partial charge in [0.1, 0.15) is 5.65 Å². The molecule has 0 N–H and O–H groups in total. The molecule has 0 radical (unpaired) electrons. The summed E-state index contributed by atoms with van der Waals surface area (Å²) in [7, 11) is 1.40. The van der Waals surface area contributed by atoms with Crippen molar-refractivity contribution in [2.75, 3.05) is 13.7 Å². The van der Waals surface area contributed by atoms with Crippen LogP contribution in [0.2, 0.25) is 0 Å². The van der Waals surface area contributed by atoms with Crippen LogP contribution in [-0.4, -0.2) is 40.0 Å². The van der Waals surface area contributed by atoms with E-state index in [1.807, 2.05) is 16.7 Å². The molecule has 0 aromatic carbocycles. The average molecular weight is 301 g/mol. The molecule has 1 aliphatic rings. The minimum absolute atomic E-state index is 0.321. The molecule has 1 aliphatic heterocycles. The number of pyridine rings is 1. The third kappa shape index (κ3) is 2.73. The molecular weight excluding hydrogens is 278 g/mol. The van der Waals surface area contributed by atoms with Crippen LogP contribution in [0.5, 0.6) is 0 Å². The highest BCUT2D eigenvalue weighted by molar-refractivity contribution is 5.89. The first-order valence-electron chi connectivity index (χ1n) is 7.93. The number of piperidine rings is 1. The molecule has 0 aliphatic carbocycles. The number of rotatable bonds is 3. The lowest BCUT2D eigenvalue weighted by Crippen LogP contribution is -2.38. The summed E-state index contributed by atoms with van der Waals surface area (Å²) >= 11 is 0. The van der Waals surface area contributed by atoms with Gasteiger partial charge in [0.2, 0.25) is 0 Å². The first-order chi connectivity index (χ1) is 10.6. The van der Waals surface area contributed by atoms with Crippen molar-refractivity contribution < 1.29 is 9.53 Å². The minimum Gasteiger partial charge on any atom is -0.465 e. The molecule has 2 aromatic heterocycles. The zero-order valence-electron chi connectivity index (χ0n) is 13.5. The van der Waals surface area contributed by atoms with Crippen LogP contribution in [0.15, 0.2) is 24.5 Å². The molecule has 1 atom stereocenters. The summed E-state index contributed by atoms with van der Waals surface area (Å²) in [5.74, 6) is -0.321. The summed E-state index contributed by atoms with van der Waals surface area (Å²) < 4.78 is 6.70. The normalized spacial score (nSPS) is 19.7. The third-order valence-electron chi connectivity index (χ3n) is 4.44. The molecule has 22 heavy (non-hydrogen) atoms. The Morgan fingerprint density at radius 3 is 2.86 bits per heavy atom. The van der Waals surface area contributed by atoms with Crippen LogP contribution in [0.4, 0.5) is 0 Å². The zero-order chi connectivity index (χ0) is 15.7. The van der Waals surface area contributed by atoms with Crippen molar-refractivity contribution in [2.45, 2.75) is 45.2 Å². The molecule has 5 nitrogen and oxygen atoms in total. The fourth-order valence-electron chi connectivity index (χ4n) is 3.30. The van der Waals surface area contributed by atoms with Gasteiger partial charge in [-0.3, -0.25) is 4.90 Å². The summed E-state index contributed by atoms with van der Waals surface area (Å²) in [6.07, 6.45) is 7.49. The summed E-state index contributed by atoms with van der Waals surface area (Å²) in [4.78, 5) is 18.9. The lowest BCUT2D eigenvalue weighted by Gasteiger charge is -2.37. The van der Waals surface area contributed by atoms with Gasteiger partial charge >= 0.3 is 5.97 Å². The van der Waals surface area contributed by atoms with Crippen LogP contribution in [0.1, 0.15) is 55.2 Å². The number of methoxy groups -OCH3 is 1. The minimum atomic E-state index is -0.321.